The summed E-state index contributed by atoms with van der Waals surface area (Å²) >= 11 is 0. The van der Waals surface area contributed by atoms with Gasteiger partial charge < -0.3 is 0 Å². The molecule has 1 fully saturated rings. The third-order valence-corrected chi connectivity index (χ3v) is 4.47. The van der Waals surface area contributed by atoms with Crippen molar-refractivity contribution in [2.24, 2.45) is 5.84 Å². The van der Waals surface area contributed by atoms with Crippen molar-refractivity contribution in [3.8, 4) is 0 Å². The maximum Gasteiger partial charge on any atom is 0.244 e. The lowest BCUT2D eigenvalue weighted by molar-refractivity contribution is -0.126. The number of carbonyl (C=O) groups is 1. The molecule has 1 aliphatic rings. The summed E-state index contributed by atoms with van der Waals surface area (Å²) in [6.45, 7) is 6.45. The Morgan fingerprint density at radius 3 is 2.47 bits per heavy atom. The molecule has 0 unspecified atom stereocenters. The molecule has 2 rings (SSSR count). The second-order valence-corrected chi connectivity index (χ2v) is 5.99. The zero-order chi connectivity index (χ0) is 14.0. The number of hydrogen-bond acceptors (Lipinski definition) is 2. The highest BCUT2D eigenvalue weighted by Crippen LogP contribution is 2.43. The molecule has 0 bridgehead atoms. The maximum atomic E-state index is 12.3. The van der Waals surface area contributed by atoms with Gasteiger partial charge in [-0.1, -0.05) is 44.9 Å². The van der Waals surface area contributed by atoms with Crippen LogP contribution in [0.3, 0.4) is 0 Å². The van der Waals surface area contributed by atoms with E-state index in [4.69, 9.17) is 5.84 Å². The molecule has 0 radical (unpaired) electrons. The molecule has 0 aliphatic heterocycles. The van der Waals surface area contributed by atoms with Crippen LogP contribution in [0.2, 0.25) is 0 Å². The molecule has 19 heavy (non-hydrogen) atoms. The fourth-order valence-electron chi connectivity index (χ4n) is 3.25. The van der Waals surface area contributed by atoms with Gasteiger partial charge in [-0.15, -0.1) is 0 Å². The largest absolute Gasteiger partial charge is 0.293 e. The van der Waals surface area contributed by atoms with E-state index in [0.29, 0.717) is 5.92 Å². The number of hydrazine groups is 1. The average molecular weight is 260 g/mol. The van der Waals surface area contributed by atoms with Crippen molar-refractivity contribution in [2.45, 2.75) is 57.8 Å². The van der Waals surface area contributed by atoms with Gasteiger partial charge in [0.15, 0.2) is 0 Å². The molecule has 0 saturated heterocycles. The van der Waals surface area contributed by atoms with Crippen LogP contribution in [0.15, 0.2) is 18.2 Å². The van der Waals surface area contributed by atoms with Crippen LogP contribution in [0.5, 0.6) is 0 Å². The van der Waals surface area contributed by atoms with Crippen molar-refractivity contribution in [3.63, 3.8) is 0 Å². The first-order valence-electron chi connectivity index (χ1n) is 7.13. The Balaban J connectivity index is 2.53. The smallest absolute Gasteiger partial charge is 0.244 e. The van der Waals surface area contributed by atoms with Crippen LogP contribution in [0.1, 0.15) is 62.1 Å². The first-order valence-corrected chi connectivity index (χ1v) is 7.13. The van der Waals surface area contributed by atoms with Gasteiger partial charge in [-0.25, -0.2) is 5.84 Å². The molecule has 0 aromatic heterocycles. The van der Waals surface area contributed by atoms with E-state index in [2.05, 4.69) is 44.4 Å². The summed E-state index contributed by atoms with van der Waals surface area (Å²) in [5.41, 5.74) is 5.61. The third-order valence-electron chi connectivity index (χ3n) is 4.47. The number of nitrogens with one attached hydrogen (secondary N) is 1. The minimum absolute atomic E-state index is 0.0333. The Bertz CT molecular complexity index is 474. The van der Waals surface area contributed by atoms with Gasteiger partial charge >= 0.3 is 0 Å². The van der Waals surface area contributed by atoms with Crippen LogP contribution in [0.25, 0.3) is 0 Å². The summed E-state index contributed by atoms with van der Waals surface area (Å²) in [4.78, 5) is 12.3. The molecule has 0 spiro atoms. The van der Waals surface area contributed by atoms with E-state index in [1.54, 1.807) is 0 Å². The van der Waals surface area contributed by atoms with Crippen molar-refractivity contribution < 1.29 is 4.79 Å². The summed E-state index contributed by atoms with van der Waals surface area (Å²) < 4.78 is 0. The van der Waals surface area contributed by atoms with Gasteiger partial charge in [0.2, 0.25) is 5.91 Å². The zero-order valence-corrected chi connectivity index (χ0v) is 12.1. The molecule has 104 valence electrons. The van der Waals surface area contributed by atoms with E-state index in [1.165, 1.54) is 16.7 Å². The first-order chi connectivity index (χ1) is 9.01. The third kappa shape index (κ3) is 2.39. The van der Waals surface area contributed by atoms with Crippen molar-refractivity contribution >= 4 is 5.91 Å². The Labute approximate surface area is 115 Å². The van der Waals surface area contributed by atoms with Crippen molar-refractivity contribution in [1.29, 1.82) is 0 Å². The van der Waals surface area contributed by atoms with E-state index in [1.807, 2.05) is 0 Å². The standard InChI is InChI=1S/C16H24N2O/c1-11(2)13-7-6-12(3)14(10-13)16(15(19)18-17)8-4-5-9-16/h6-7,10-11H,4-5,8-9,17H2,1-3H3,(H,18,19). The Hall–Kier alpha value is -1.35. The number of carbonyl (C=O) groups excluding carboxylic acids is 1. The predicted octanol–water partition coefficient (Wildman–Crippen LogP) is 2.92. The molecule has 0 heterocycles. The lowest BCUT2D eigenvalue weighted by atomic mass is 9.75. The van der Waals surface area contributed by atoms with Crippen LogP contribution in [-0.4, -0.2) is 5.91 Å². The second-order valence-electron chi connectivity index (χ2n) is 5.99. The number of nitrogens with two attached hydrogens (primary N) is 1. The lowest BCUT2D eigenvalue weighted by Crippen LogP contribution is -2.46. The molecule has 1 aromatic rings. The van der Waals surface area contributed by atoms with E-state index < -0.39 is 5.41 Å². The van der Waals surface area contributed by atoms with E-state index in [0.717, 1.165) is 25.7 Å². The maximum absolute atomic E-state index is 12.3. The quantitative estimate of drug-likeness (QED) is 0.499. The zero-order valence-electron chi connectivity index (χ0n) is 12.1. The van der Waals surface area contributed by atoms with Crippen LogP contribution < -0.4 is 11.3 Å². The molecule has 3 N–H and O–H groups in total. The van der Waals surface area contributed by atoms with Gasteiger partial charge in [0.25, 0.3) is 0 Å². The monoisotopic (exact) mass is 260 g/mol. The minimum Gasteiger partial charge on any atom is -0.293 e. The molecule has 1 aromatic carbocycles. The number of hydrogen-bond donors (Lipinski definition) is 2. The topological polar surface area (TPSA) is 55.1 Å². The first kappa shape index (κ1) is 14.1. The minimum atomic E-state index is -0.413. The SMILES string of the molecule is Cc1ccc(C(C)C)cc1C1(C(=O)NN)CCCC1. The second kappa shape index (κ2) is 5.33. The van der Waals surface area contributed by atoms with Crippen LogP contribution in [-0.2, 0) is 10.2 Å². The normalized spacial score (nSPS) is 17.7. The number of rotatable bonds is 3. The fraction of sp³-hybridized carbons (Fsp3) is 0.562. The Kier molecular flexibility index (Phi) is 3.95. The predicted molar refractivity (Wildman–Crippen MR) is 77.7 cm³/mol. The summed E-state index contributed by atoms with van der Waals surface area (Å²) in [7, 11) is 0. The molecule has 1 saturated carbocycles. The van der Waals surface area contributed by atoms with E-state index >= 15 is 0 Å². The van der Waals surface area contributed by atoms with Gasteiger partial charge in [-0.05, 0) is 42.4 Å². The molecule has 3 heteroatoms. The highest BCUT2D eigenvalue weighted by atomic mass is 16.2. The van der Waals surface area contributed by atoms with Gasteiger partial charge in [0, 0.05) is 0 Å². The molecule has 1 amide bonds. The number of aryl methyl sites for hydroxylation is 1. The number of amides is 1. The lowest BCUT2D eigenvalue weighted by Gasteiger charge is -2.29. The molecular formula is C16H24N2O. The van der Waals surface area contributed by atoms with Gasteiger partial charge in [-0.2, -0.15) is 0 Å². The van der Waals surface area contributed by atoms with Gasteiger partial charge in [0.1, 0.15) is 0 Å². The summed E-state index contributed by atoms with van der Waals surface area (Å²) in [5.74, 6) is 5.86. The van der Waals surface area contributed by atoms with Gasteiger partial charge in [0.05, 0.1) is 5.41 Å². The Morgan fingerprint density at radius 1 is 1.32 bits per heavy atom. The van der Waals surface area contributed by atoms with Crippen molar-refractivity contribution in [1.82, 2.24) is 5.43 Å². The molecule has 3 nitrogen and oxygen atoms in total. The van der Waals surface area contributed by atoms with Crippen LogP contribution in [0, 0.1) is 6.92 Å². The van der Waals surface area contributed by atoms with E-state index in [-0.39, 0.29) is 5.91 Å². The summed E-state index contributed by atoms with van der Waals surface area (Å²) in [6.07, 6.45) is 3.99. The van der Waals surface area contributed by atoms with Gasteiger partial charge in [-0.3, -0.25) is 10.2 Å². The highest BCUT2D eigenvalue weighted by molar-refractivity contribution is 5.88. The summed E-state index contributed by atoms with van der Waals surface area (Å²) in [5, 5.41) is 0. The average Bonchev–Trinajstić information content (AvgIpc) is 2.88. The molecule has 1 aliphatic carbocycles. The van der Waals surface area contributed by atoms with Crippen molar-refractivity contribution in [2.75, 3.05) is 0 Å². The number of benzene rings is 1. The molecular weight excluding hydrogens is 236 g/mol. The van der Waals surface area contributed by atoms with E-state index in [9.17, 15) is 4.79 Å². The van der Waals surface area contributed by atoms with Crippen LogP contribution >= 0.6 is 0 Å². The van der Waals surface area contributed by atoms with Crippen LogP contribution in [0.4, 0.5) is 0 Å². The highest BCUT2D eigenvalue weighted by Gasteiger charge is 2.43. The summed E-state index contributed by atoms with van der Waals surface area (Å²) in [6, 6.07) is 6.50. The molecule has 0 atom stereocenters. The van der Waals surface area contributed by atoms with Crippen molar-refractivity contribution in [3.05, 3.63) is 34.9 Å². The Morgan fingerprint density at radius 2 is 1.95 bits per heavy atom. The fourth-order valence-corrected chi connectivity index (χ4v) is 3.25.